The maximum absolute atomic E-state index is 12.4. The first-order valence-electron chi connectivity index (χ1n) is 9.31. The van der Waals surface area contributed by atoms with Crippen LogP contribution in [0.1, 0.15) is 33.4 Å². The van der Waals surface area contributed by atoms with Gasteiger partial charge in [0.15, 0.2) is 6.61 Å². The Hall–Kier alpha value is -3.19. The molecule has 0 bridgehead atoms. The lowest BCUT2D eigenvalue weighted by molar-refractivity contribution is -0.123. The molecule has 0 saturated carbocycles. The number of benzene rings is 2. The Balaban J connectivity index is 1.56. The highest BCUT2D eigenvalue weighted by atomic mass is 32.1. The first kappa shape index (κ1) is 20.5. The summed E-state index contributed by atoms with van der Waals surface area (Å²) in [5, 5.41) is 0.768. The molecule has 1 heterocycles. The minimum atomic E-state index is -0.447. The second kappa shape index (κ2) is 9.34. The molecular weight excluding hydrogens is 386 g/mol. The molecule has 29 heavy (non-hydrogen) atoms. The van der Waals surface area contributed by atoms with E-state index in [2.05, 4.69) is 34.9 Å². The molecule has 0 aliphatic carbocycles. The Morgan fingerprint density at radius 3 is 2.52 bits per heavy atom. The highest BCUT2D eigenvalue weighted by Crippen LogP contribution is 2.28. The fourth-order valence-corrected chi connectivity index (χ4v) is 3.65. The van der Waals surface area contributed by atoms with Crippen LogP contribution in [-0.4, -0.2) is 23.4 Å². The number of nitrogens with zero attached hydrogens (tertiary/aromatic N) is 1. The highest BCUT2D eigenvalue weighted by Gasteiger charge is 2.17. The lowest BCUT2D eigenvalue weighted by Gasteiger charge is -2.08. The number of nitrogens with one attached hydrogen (secondary N) is 2. The summed E-state index contributed by atoms with van der Waals surface area (Å²) in [6.07, 6.45) is 0.970. The molecule has 0 spiro atoms. The van der Waals surface area contributed by atoms with Crippen LogP contribution >= 0.6 is 11.3 Å². The van der Waals surface area contributed by atoms with E-state index < -0.39 is 11.8 Å². The number of carbonyl (C=O) groups excluding carboxylic acids is 2. The molecule has 2 amide bonds. The molecule has 0 aliphatic rings. The van der Waals surface area contributed by atoms with Gasteiger partial charge in [0.1, 0.15) is 15.6 Å². The number of amides is 2. The number of hydrogen-bond acceptors (Lipinski definition) is 5. The third kappa shape index (κ3) is 5.42. The quantitative estimate of drug-likeness (QED) is 0.607. The Kier molecular flexibility index (Phi) is 6.61. The van der Waals surface area contributed by atoms with E-state index in [9.17, 15) is 9.59 Å². The van der Waals surface area contributed by atoms with Crippen molar-refractivity contribution in [3.8, 4) is 16.3 Å². The molecule has 7 heteroatoms. The first-order valence-corrected chi connectivity index (χ1v) is 10.1. The van der Waals surface area contributed by atoms with Gasteiger partial charge in [-0.25, -0.2) is 4.98 Å². The van der Waals surface area contributed by atoms with Crippen LogP contribution in [0.4, 0.5) is 0 Å². The fourth-order valence-electron chi connectivity index (χ4n) is 2.69. The zero-order chi connectivity index (χ0) is 20.8. The largest absolute Gasteiger partial charge is 0.484 e. The van der Waals surface area contributed by atoms with Crippen molar-refractivity contribution in [3.63, 3.8) is 0 Å². The van der Waals surface area contributed by atoms with Gasteiger partial charge in [-0.1, -0.05) is 43.3 Å². The summed E-state index contributed by atoms with van der Waals surface area (Å²) in [6.45, 7) is 5.63. The van der Waals surface area contributed by atoms with Gasteiger partial charge in [0.25, 0.3) is 11.8 Å². The predicted octanol–water partition coefficient (Wildman–Crippen LogP) is 3.83. The average Bonchev–Trinajstić information content (AvgIpc) is 3.12. The second-order valence-corrected chi connectivity index (χ2v) is 7.59. The minimum Gasteiger partial charge on any atom is -0.484 e. The number of aryl methyl sites for hydroxylation is 3. The summed E-state index contributed by atoms with van der Waals surface area (Å²) >= 11 is 1.29. The topological polar surface area (TPSA) is 80.3 Å². The van der Waals surface area contributed by atoms with Crippen LogP contribution in [0.5, 0.6) is 5.75 Å². The highest BCUT2D eigenvalue weighted by molar-refractivity contribution is 7.17. The summed E-state index contributed by atoms with van der Waals surface area (Å²) in [4.78, 5) is 29.3. The predicted molar refractivity (Wildman–Crippen MR) is 114 cm³/mol. The molecule has 0 fully saturated rings. The second-order valence-electron chi connectivity index (χ2n) is 6.59. The van der Waals surface area contributed by atoms with Crippen molar-refractivity contribution in [3.05, 3.63) is 70.2 Å². The van der Waals surface area contributed by atoms with Crippen molar-refractivity contribution >= 4 is 23.2 Å². The van der Waals surface area contributed by atoms with Crippen molar-refractivity contribution < 1.29 is 14.3 Å². The molecular formula is C22H23N3O3S. The molecule has 2 aromatic carbocycles. The van der Waals surface area contributed by atoms with E-state index >= 15 is 0 Å². The Morgan fingerprint density at radius 1 is 1.07 bits per heavy atom. The zero-order valence-corrected chi connectivity index (χ0v) is 17.4. The number of carbonyl (C=O) groups is 2. The van der Waals surface area contributed by atoms with Crippen molar-refractivity contribution in [1.82, 2.24) is 15.8 Å². The standard InChI is InChI=1S/C22H23N3O3S/c1-4-16-8-10-17(11-9-16)22-23-15(3)20(29-22)21(27)25-24-19(26)13-28-18-7-5-6-14(2)12-18/h5-12H,4,13H2,1-3H3,(H,24,26)(H,25,27). The van der Waals surface area contributed by atoms with Crippen LogP contribution in [0, 0.1) is 13.8 Å². The van der Waals surface area contributed by atoms with Gasteiger partial charge in [0, 0.05) is 5.56 Å². The number of rotatable bonds is 6. The van der Waals surface area contributed by atoms with E-state index in [4.69, 9.17) is 4.74 Å². The zero-order valence-electron chi connectivity index (χ0n) is 16.6. The smallest absolute Gasteiger partial charge is 0.281 e. The lowest BCUT2D eigenvalue weighted by Crippen LogP contribution is -2.43. The molecule has 3 aromatic rings. The third-order valence-corrected chi connectivity index (χ3v) is 5.49. The molecule has 0 radical (unpaired) electrons. The summed E-state index contributed by atoms with van der Waals surface area (Å²) in [5.41, 5.74) is 8.66. The van der Waals surface area contributed by atoms with E-state index in [-0.39, 0.29) is 6.61 Å². The number of hydrazine groups is 1. The van der Waals surface area contributed by atoms with Crippen molar-refractivity contribution in [2.75, 3.05) is 6.61 Å². The summed E-state index contributed by atoms with van der Waals surface area (Å²) in [7, 11) is 0. The Morgan fingerprint density at radius 2 is 1.83 bits per heavy atom. The van der Waals surface area contributed by atoms with Crippen molar-refractivity contribution in [2.45, 2.75) is 27.2 Å². The SMILES string of the molecule is CCc1ccc(-c2nc(C)c(C(=O)NNC(=O)COc3cccc(C)c3)s2)cc1. The van der Waals surface area contributed by atoms with E-state index in [1.165, 1.54) is 16.9 Å². The maximum Gasteiger partial charge on any atom is 0.281 e. The monoisotopic (exact) mass is 409 g/mol. The summed E-state index contributed by atoms with van der Waals surface area (Å²) in [5.74, 6) is -0.249. The number of hydrogen-bond donors (Lipinski definition) is 2. The van der Waals surface area contributed by atoms with Gasteiger partial charge in [0.2, 0.25) is 0 Å². The molecule has 0 atom stereocenters. The van der Waals surface area contributed by atoms with Crippen LogP contribution in [0.15, 0.2) is 48.5 Å². The maximum atomic E-state index is 12.4. The first-order chi connectivity index (χ1) is 14.0. The van der Waals surface area contributed by atoms with Crippen LogP contribution < -0.4 is 15.6 Å². The van der Waals surface area contributed by atoms with Gasteiger partial charge in [-0.3, -0.25) is 20.4 Å². The van der Waals surface area contributed by atoms with Crippen LogP contribution in [-0.2, 0) is 11.2 Å². The third-order valence-electron chi connectivity index (χ3n) is 4.29. The van der Waals surface area contributed by atoms with E-state index in [1.807, 2.05) is 37.3 Å². The number of aromatic nitrogens is 1. The number of ether oxygens (including phenoxy) is 1. The molecule has 2 N–H and O–H groups in total. The fraction of sp³-hybridized carbons (Fsp3) is 0.227. The average molecular weight is 410 g/mol. The minimum absolute atomic E-state index is 0.194. The van der Waals surface area contributed by atoms with E-state index in [1.54, 1.807) is 13.0 Å². The molecule has 0 saturated heterocycles. The molecule has 0 aliphatic heterocycles. The molecule has 1 aromatic heterocycles. The van der Waals surface area contributed by atoms with Gasteiger partial charge < -0.3 is 4.74 Å². The van der Waals surface area contributed by atoms with Gasteiger partial charge in [-0.05, 0) is 43.5 Å². The van der Waals surface area contributed by atoms with Gasteiger partial charge in [0.05, 0.1) is 5.69 Å². The molecule has 3 rings (SSSR count). The van der Waals surface area contributed by atoms with Gasteiger partial charge in [-0.2, -0.15) is 0 Å². The van der Waals surface area contributed by atoms with Gasteiger partial charge >= 0.3 is 0 Å². The number of thiazole rings is 1. The van der Waals surface area contributed by atoms with Crippen LogP contribution in [0.3, 0.4) is 0 Å². The van der Waals surface area contributed by atoms with E-state index in [0.29, 0.717) is 16.3 Å². The van der Waals surface area contributed by atoms with Crippen molar-refractivity contribution in [2.24, 2.45) is 0 Å². The Bertz CT molecular complexity index is 1010. The van der Waals surface area contributed by atoms with Crippen molar-refractivity contribution in [1.29, 1.82) is 0 Å². The Labute approximate surface area is 173 Å². The molecule has 0 unspecified atom stereocenters. The summed E-state index contributed by atoms with van der Waals surface area (Å²) < 4.78 is 5.42. The molecule has 150 valence electrons. The van der Waals surface area contributed by atoms with Crippen LogP contribution in [0.2, 0.25) is 0 Å². The lowest BCUT2D eigenvalue weighted by atomic mass is 10.1. The van der Waals surface area contributed by atoms with E-state index in [0.717, 1.165) is 22.6 Å². The van der Waals surface area contributed by atoms with Gasteiger partial charge in [-0.15, -0.1) is 11.3 Å². The van der Waals surface area contributed by atoms with Crippen LogP contribution in [0.25, 0.3) is 10.6 Å². The summed E-state index contributed by atoms with van der Waals surface area (Å²) in [6, 6.07) is 15.5. The normalized spacial score (nSPS) is 10.4. The molecule has 6 nitrogen and oxygen atoms in total.